The maximum Gasteiger partial charge on any atom is 0.262 e. The second kappa shape index (κ2) is 10.6. The van der Waals surface area contributed by atoms with Crippen LogP contribution in [0.15, 0.2) is 81.0 Å². The second-order valence-electron chi connectivity index (χ2n) is 9.26. The van der Waals surface area contributed by atoms with Crippen LogP contribution in [-0.4, -0.2) is 50.2 Å². The van der Waals surface area contributed by atoms with Gasteiger partial charge < -0.3 is 10.1 Å². The number of rotatable bonds is 6. The van der Waals surface area contributed by atoms with Crippen LogP contribution in [0.25, 0.3) is 11.3 Å². The number of nitrogens with one attached hydrogen (secondary N) is 1. The summed E-state index contributed by atoms with van der Waals surface area (Å²) >= 11 is 1.37. The number of nitrogens with zero attached hydrogens (tertiary/aromatic N) is 4. The highest BCUT2D eigenvalue weighted by atomic mass is 32.2. The number of carbonyl (C=O) groups excluding carboxylic acids is 1. The molecule has 0 saturated carbocycles. The molecule has 3 aromatic carbocycles. The Morgan fingerprint density at radius 2 is 1.90 bits per heavy atom. The molecule has 0 fully saturated rings. The van der Waals surface area contributed by atoms with E-state index < -0.39 is 10.0 Å². The van der Waals surface area contributed by atoms with Crippen LogP contribution >= 0.6 is 11.3 Å². The largest absolute Gasteiger partial charge is 0.482 e. The molecule has 39 heavy (non-hydrogen) atoms. The molecule has 9 nitrogen and oxygen atoms in total. The van der Waals surface area contributed by atoms with Gasteiger partial charge in [0.2, 0.25) is 14.8 Å². The van der Waals surface area contributed by atoms with Crippen LogP contribution < -0.4 is 14.9 Å². The SMILES string of the molecule is Cc1ccc(C)c(/C=N\n2c(-c3ccc4c(c3)NC(=O)CO4)csc2=Nc2cccc(S(=O)(=O)N(C)C)c2)c1. The molecule has 2 heterocycles. The van der Waals surface area contributed by atoms with Crippen LogP contribution in [0.3, 0.4) is 0 Å². The summed E-state index contributed by atoms with van der Waals surface area (Å²) < 4.78 is 33.7. The Bertz CT molecular complexity index is 1790. The zero-order valence-electron chi connectivity index (χ0n) is 21.9. The lowest BCUT2D eigenvalue weighted by Crippen LogP contribution is -2.25. The first kappa shape index (κ1) is 26.5. The smallest absolute Gasteiger partial charge is 0.262 e. The molecule has 0 bridgehead atoms. The van der Waals surface area contributed by atoms with Gasteiger partial charge in [-0.1, -0.05) is 29.8 Å². The molecule has 0 radical (unpaired) electrons. The van der Waals surface area contributed by atoms with Crippen molar-refractivity contribution in [3.05, 3.63) is 87.5 Å². The van der Waals surface area contributed by atoms with Crippen LogP contribution in [0, 0.1) is 13.8 Å². The molecule has 200 valence electrons. The van der Waals surface area contributed by atoms with E-state index in [-0.39, 0.29) is 17.4 Å². The standard InChI is InChI=1S/C28H27N5O4S2/c1-18-8-9-19(2)21(12-18)15-29-33-25(20-10-11-26-24(13-20)31-27(34)16-37-26)17-38-28(33)30-22-6-5-7-23(14-22)39(35,36)32(3)4/h5-15,17H,16H2,1-4H3,(H,31,34)/b29-15-,30-28?. The maximum atomic E-state index is 12.7. The summed E-state index contributed by atoms with van der Waals surface area (Å²) in [5.74, 6) is 0.386. The van der Waals surface area contributed by atoms with Gasteiger partial charge in [0.05, 0.1) is 28.2 Å². The van der Waals surface area contributed by atoms with Crippen LogP contribution in [0.4, 0.5) is 11.4 Å². The number of carbonyl (C=O) groups is 1. The molecule has 1 aliphatic heterocycles. The number of fused-ring (bicyclic) bond motifs is 1. The van der Waals surface area contributed by atoms with Gasteiger partial charge in [-0.05, 0) is 61.4 Å². The van der Waals surface area contributed by atoms with Crippen molar-refractivity contribution in [2.24, 2.45) is 10.1 Å². The number of aryl methyl sites for hydroxylation is 2. The van der Waals surface area contributed by atoms with Gasteiger partial charge in [-0.3, -0.25) is 4.79 Å². The highest BCUT2D eigenvalue weighted by molar-refractivity contribution is 7.89. The molecule has 1 aliphatic rings. The van der Waals surface area contributed by atoms with E-state index in [1.165, 1.54) is 29.7 Å². The van der Waals surface area contributed by atoms with Crippen LogP contribution in [0.5, 0.6) is 5.75 Å². The average molecular weight is 562 g/mol. The van der Waals surface area contributed by atoms with Gasteiger partial charge in [0, 0.05) is 25.0 Å². The first-order chi connectivity index (χ1) is 18.6. The zero-order valence-corrected chi connectivity index (χ0v) is 23.5. The fourth-order valence-corrected chi connectivity index (χ4v) is 5.78. The van der Waals surface area contributed by atoms with E-state index in [2.05, 4.69) is 17.4 Å². The van der Waals surface area contributed by atoms with Crippen molar-refractivity contribution in [2.45, 2.75) is 18.7 Å². The quantitative estimate of drug-likeness (QED) is 0.349. The minimum Gasteiger partial charge on any atom is -0.482 e. The highest BCUT2D eigenvalue weighted by Gasteiger charge is 2.19. The third-order valence-corrected chi connectivity index (χ3v) is 8.79. The first-order valence-corrected chi connectivity index (χ1v) is 14.4. The number of thiazole rings is 1. The van der Waals surface area contributed by atoms with Gasteiger partial charge in [0.1, 0.15) is 5.75 Å². The summed E-state index contributed by atoms with van der Waals surface area (Å²) in [5, 5.41) is 9.57. The van der Waals surface area contributed by atoms with E-state index in [4.69, 9.17) is 14.8 Å². The summed E-state index contributed by atoms with van der Waals surface area (Å²) in [4.78, 5) is 17.3. The molecule has 1 N–H and O–H groups in total. The Morgan fingerprint density at radius 3 is 2.69 bits per heavy atom. The Kier molecular flexibility index (Phi) is 7.21. The Labute approximate surface area is 230 Å². The van der Waals surface area contributed by atoms with E-state index in [1.54, 1.807) is 35.2 Å². The predicted octanol–water partition coefficient (Wildman–Crippen LogP) is 4.53. The minimum absolute atomic E-state index is 0.0173. The molecule has 1 amide bonds. The van der Waals surface area contributed by atoms with Crippen molar-refractivity contribution in [1.82, 2.24) is 8.98 Å². The molecule has 5 rings (SSSR count). The first-order valence-electron chi connectivity index (χ1n) is 12.1. The van der Waals surface area contributed by atoms with Crippen molar-refractivity contribution in [2.75, 3.05) is 26.0 Å². The summed E-state index contributed by atoms with van der Waals surface area (Å²) in [6, 6.07) is 18.2. The average Bonchev–Trinajstić information content (AvgIpc) is 3.30. The van der Waals surface area contributed by atoms with Crippen molar-refractivity contribution in [3.8, 4) is 17.0 Å². The Hall–Kier alpha value is -4.06. The van der Waals surface area contributed by atoms with E-state index in [0.717, 1.165) is 27.9 Å². The van der Waals surface area contributed by atoms with E-state index >= 15 is 0 Å². The lowest BCUT2D eigenvalue weighted by atomic mass is 10.1. The van der Waals surface area contributed by atoms with Gasteiger partial charge in [-0.2, -0.15) is 5.10 Å². The fraction of sp³-hybridized carbons (Fsp3) is 0.179. The van der Waals surface area contributed by atoms with Crippen molar-refractivity contribution in [1.29, 1.82) is 0 Å². The third kappa shape index (κ3) is 5.56. The summed E-state index contributed by atoms with van der Waals surface area (Å²) in [6.07, 6.45) is 1.79. The number of benzene rings is 3. The maximum absolute atomic E-state index is 12.7. The molecule has 1 aromatic heterocycles. The second-order valence-corrected chi connectivity index (χ2v) is 12.3. The Balaban J connectivity index is 1.65. The highest BCUT2D eigenvalue weighted by Crippen LogP contribution is 2.33. The number of ether oxygens (including phenoxy) is 1. The lowest BCUT2D eigenvalue weighted by Gasteiger charge is -2.18. The molecular weight excluding hydrogens is 534 g/mol. The van der Waals surface area contributed by atoms with Gasteiger partial charge in [-0.25, -0.2) is 22.4 Å². The monoisotopic (exact) mass is 561 g/mol. The van der Waals surface area contributed by atoms with Gasteiger partial charge >= 0.3 is 0 Å². The van der Waals surface area contributed by atoms with Crippen molar-refractivity contribution >= 4 is 44.9 Å². The normalized spacial score (nSPS) is 14.0. The van der Waals surface area contributed by atoms with Gasteiger partial charge in [0.25, 0.3) is 5.91 Å². The summed E-state index contributed by atoms with van der Waals surface area (Å²) in [5.41, 5.74) is 5.78. The molecule has 0 aliphatic carbocycles. The third-order valence-electron chi connectivity index (χ3n) is 6.16. The zero-order chi connectivity index (χ0) is 27.7. The predicted molar refractivity (Wildman–Crippen MR) is 153 cm³/mol. The van der Waals surface area contributed by atoms with Gasteiger partial charge in [-0.15, -0.1) is 11.3 Å². The summed E-state index contributed by atoms with van der Waals surface area (Å²) in [6.45, 7) is 4.03. The molecule has 0 spiro atoms. The molecule has 0 atom stereocenters. The summed E-state index contributed by atoms with van der Waals surface area (Å²) in [7, 11) is -0.629. The molecule has 0 saturated heterocycles. The van der Waals surface area contributed by atoms with Crippen LogP contribution in [0.1, 0.15) is 16.7 Å². The van der Waals surface area contributed by atoms with Crippen LogP contribution in [0.2, 0.25) is 0 Å². The van der Waals surface area contributed by atoms with Crippen LogP contribution in [-0.2, 0) is 14.8 Å². The molecule has 4 aromatic rings. The number of anilines is 1. The number of amides is 1. The molecule has 11 heteroatoms. The Morgan fingerprint density at radius 1 is 1.08 bits per heavy atom. The van der Waals surface area contributed by atoms with Crippen molar-refractivity contribution in [3.63, 3.8) is 0 Å². The number of hydrogen-bond acceptors (Lipinski definition) is 7. The minimum atomic E-state index is -3.61. The molecular formula is C28H27N5O4S2. The number of hydrogen-bond donors (Lipinski definition) is 1. The van der Waals surface area contributed by atoms with E-state index in [9.17, 15) is 13.2 Å². The number of aromatic nitrogens is 1. The van der Waals surface area contributed by atoms with Gasteiger partial charge in [0.15, 0.2) is 6.61 Å². The van der Waals surface area contributed by atoms with Crippen molar-refractivity contribution < 1.29 is 17.9 Å². The van der Waals surface area contributed by atoms with E-state index in [1.807, 2.05) is 43.5 Å². The molecule has 0 unspecified atom stereocenters. The lowest BCUT2D eigenvalue weighted by molar-refractivity contribution is -0.118. The number of sulfonamides is 1. The van der Waals surface area contributed by atoms with E-state index in [0.29, 0.717) is 21.9 Å². The fourth-order valence-electron chi connectivity index (χ4n) is 3.98. The topological polar surface area (TPSA) is 105 Å².